The zero-order chi connectivity index (χ0) is 13.5. The van der Waals surface area contributed by atoms with Crippen LogP contribution in [0.2, 0.25) is 0 Å². The highest BCUT2D eigenvalue weighted by Gasteiger charge is 2.51. The van der Waals surface area contributed by atoms with Crippen molar-refractivity contribution in [2.24, 2.45) is 0 Å². The van der Waals surface area contributed by atoms with Crippen LogP contribution >= 0.6 is 15.9 Å². The van der Waals surface area contributed by atoms with Gasteiger partial charge in [-0.25, -0.2) is 4.79 Å². The van der Waals surface area contributed by atoms with Crippen LogP contribution in [-0.4, -0.2) is 43.0 Å². The van der Waals surface area contributed by atoms with E-state index in [1.807, 2.05) is 0 Å². The van der Waals surface area contributed by atoms with Crippen molar-refractivity contribution in [3.63, 3.8) is 0 Å². The fraction of sp³-hybridized carbons (Fsp3) is 0.636. The van der Waals surface area contributed by atoms with Crippen molar-refractivity contribution in [2.45, 2.75) is 37.9 Å². The average Bonchev–Trinajstić information content (AvgIpc) is 2.62. The molecular formula is C11H14BrNO5. The van der Waals surface area contributed by atoms with Crippen molar-refractivity contribution in [3.8, 4) is 0 Å². The molecule has 0 aromatic carbocycles. The quantitative estimate of drug-likeness (QED) is 0.783. The zero-order valence-corrected chi connectivity index (χ0v) is 11.8. The molecule has 2 rings (SSSR count). The molecule has 2 aliphatic rings. The minimum atomic E-state index is -0.855. The third-order valence-electron chi connectivity index (χ3n) is 2.77. The van der Waals surface area contributed by atoms with E-state index in [2.05, 4.69) is 26.0 Å². The van der Waals surface area contributed by atoms with Crippen molar-refractivity contribution in [2.75, 3.05) is 7.11 Å². The van der Waals surface area contributed by atoms with Gasteiger partial charge in [0.2, 0.25) is 5.78 Å². The predicted molar refractivity (Wildman–Crippen MR) is 65.2 cm³/mol. The predicted octanol–water partition coefficient (Wildman–Crippen LogP) is 1.09. The Balaban J connectivity index is 2.24. The molecule has 7 heteroatoms. The summed E-state index contributed by atoms with van der Waals surface area (Å²) in [7, 11) is 1.27. The van der Waals surface area contributed by atoms with Gasteiger partial charge in [0.15, 0.2) is 11.9 Å². The van der Waals surface area contributed by atoms with Crippen LogP contribution in [0.5, 0.6) is 0 Å². The first kappa shape index (κ1) is 13.5. The lowest BCUT2D eigenvalue weighted by Gasteiger charge is -2.27. The smallest absolute Gasteiger partial charge is 0.407 e. The molecule has 1 heterocycles. The van der Waals surface area contributed by atoms with E-state index in [1.54, 1.807) is 19.9 Å². The lowest BCUT2D eigenvalue weighted by molar-refractivity contribution is -0.152. The van der Waals surface area contributed by atoms with Crippen molar-refractivity contribution in [1.82, 2.24) is 5.32 Å². The van der Waals surface area contributed by atoms with Crippen LogP contribution < -0.4 is 5.32 Å². The Bertz CT molecular complexity index is 420. The van der Waals surface area contributed by atoms with Crippen LogP contribution in [0.1, 0.15) is 13.8 Å². The summed E-state index contributed by atoms with van der Waals surface area (Å²) < 4.78 is 16.1. The first-order valence-electron chi connectivity index (χ1n) is 5.46. The Morgan fingerprint density at radius 3 is 2.78 bits per heavy atom. The van der Waals surface area contributed by atoms with E-state index in [0.29, 0.717) is 4.48 Å². The zero-order valence-electron chi connectivity index (χ0n) is 10.2. The van der Waals surface area contributed by atoms with Crippen LogP contribution in [0.15, 0.2) is 10.6 Å². The second-order valence-electron chi connectivity index (χ2n) is 4.56. The third kappa shape index (κ3) is 2.43. The molecule has 18 heavy (non-hydrogen) atoms. The number of hydrogen-bond donors (Lipinski definition) is 1. The summed E-state index contributed by atoms with van der Waals surface area (Å²) in [6, 6.07) is -0.476. The molecule has 1 amide bonds. The van der Waals surface area contributed by atoms with E-state index in [1.165, 1.54) is 7.11 Å². The van der Waals surface area contributed by atoms with Gasteiger partial charge >= 0.3 is 6.09 Å². The molecule has 1 aliphatic heterocycles. The van der Waals surface area contributed by atoms with Crippen LogP contribution in [0.3, 0.4) is 0 Å². The van der Waals surface area contributed by atoms with Crippen molar-refractivity contribution in [1.29, 1.82) is 0 Å². The number of carbonyl (C=O) groups excluding carboxylic acids is 2. The number of hydrogen-bond acceptors (Lipinski definition) is 5. The normalized spacial score (nSPS) is 33.7. The Morgan fingerprint density at radius 1 is 1.50 bits per heavy atom. The second kappa shape index (κ2) is 4.64. The molecule has 100 valence electrons. The molecule has 0 aromatic heterocycles. The third-order valence-corrected chi connectivity index (χ3v) is 3.43. The highest BCUT2D eigenvalue weighted by molar-refractivity contribution is 9.12. The van der Waals surface area contributed by atoms with E-state index in [4.69, 9.17) is 9.47 Å². The Morgan fingerprint density at radius 2 is 2.17 bits per heavy atom. The average molecular weight is 320 g/mol. The number of ketones is 1. The van der Waals surface area contributed by atoms with Crippen molar-refractivity contribution >= 4 is 27.8 Å². The Kier molecular flexibility index (Phi) is 3.48. The SMILES string of the molecule is COC(=O)N[C@@H]1C=C(Br)C(=O)[C@H]2OC(C)(C)O[C@H]21. The van der Waals surface area contributed by atoms with Crippen LogP contribution in [0.4, 0.5) is 4.79 Å². The number of fused-ring (bicyclic) bond motifs is 1. The molecule has 0 spiro atoms. The molecule has 0 saturated carbocycles. The van der Waals surface area contributed by atoms with Crippen LogP contribution in [-0.2, 0) is 19.0 Å². The lowest BCUT2D eigenvalue weighted by Crippen LogP contribution is -2.51. The minimum Gasteiger partial charge on any atom is -0.453 e. The fourth-order valence-corrected chi connectivity index (χ4v) is 2.55. The first-order chi connectivity index (χ1) is 8.34. The molecule has 0 unspecified atom stereocenters. The Hall–Kier alpha value is -0.920. The van der Waals surface area contributed by atoms with Gasteiger partial charge in [0.05, 0.1) is 17.6 Å². The van der Waals surface area contributed by atoms with E-state index in [0.717, 1.165) is 0 Å². The fourth-order valence-electron chi connectivity index (χ4n) is 2.04. The van der Waals surface area contributed by atoms with Gasteiger partial charge in [0, 0.05) is 0 Å². The number of halogens is 1. The molecule has 3 atom stereocenters. The Labute approximate surface area is 113 Å². The molecule has 6 nitrogen and oxygen atoms in total. The van der Waals surface area contributed by atoms with Crippen molar-refractivity contribution in [3.05, 3.63) is 10.6 Å². The van der Waals surface area contributed by atoms with E-state index < -0.39 is 30.1 Å². The topological polar surface area (TPSA) is 73.9 Å². The summed E-state index contributed by atoms with van der Waals surface area (Å²) in [5.41, 5.74) is 0. The number of methoxy groups -OCH3 is 1. The van der Waals surface area contributed by atoms with E-state index in [9.17, 15) is 9.59 Å². The minimum absolute atomic E-state index is 0.187. The van der Waals surface area contributed by atoms with Gasteiger partial charge in [-0.3, -0.25) is 4.79 Å². The lowest BCUT2D eigenvalue weighted by atomic mass is 9.95. The monoisotopic (exact) mass is 319 g/mol. The van der Waals surface area contributed by atoms with E-state index >= 15 is 0 Å². The molecule has 1 aliphatic carbocycles. The van der Waals surface area contributed by atoms with Gasteiger partial charge in [-0.1, -0.05) is 0 Å². The van der Waals surface area contributed by atoms with Crippen molar-refractivity contribution < 1.29 is 23.8 Å². The highest BCUT2D eigenvalue weighted by Crippen LogP contribution is 2.36. The van der Waals surface area contributed by atoms with E-state index in [-0.39, 0.29) is 5.78 Å². The van der Waals surface area contributed by atoms with Gasteiger partial charge in [-0.15, -0.1) is 0 Å². The van der Waals surface area contributed by atoms with Gasteiger partial charge < -0.3 is 19.5 Å². The summed E-state index contributed by atoms with van der Waals surface area (Å²) in [4.78, 5) is 23.2. The largest absolute Gasteiger partial charge is 0.453 e. The molecule has 0 aromatic rings. The molecule has 0 radical (unpaired) electrons. The standard InChI is InChI=1S/C11H14BrNO5/c1-11(2)17-8-6(13-10(15)16-3)4-5(12)7(14)9(8)18-11/h4,6,8-9H,1-3H3,(H,13,15)/t6-,8+,9-/m1/s1. The van der Waals surface area contributed by atoms with Gasteiger partial charge in [-0.2, -0.15) is 0 Å². The first-order valence-corrected chi connectivity index (χ1v) is 6.25. The maximum Gasteiger partial charge on any atom is 0.407 e. The number of amides is 1. The molecule has 1 fully saturated rings. The summed E-state index contributed by atoms with van der Waals surface area (Å²) in [5, 5.41) is 2.60. The number of rotatable bonds is 1. The second-order valence-corrected chi connectivity index (χ2v) is 5.42. The number of carbonyl (C=O) groups is 2. The van der Waals surface area contributed by atoms with Crippen LogP contribution in [0.25, 0.3) is 0 Å². The highest BCUT2D eigenvalue weighted by atomic mass is 79.9. The maximum atomic E-state index is 11.9. The molecule has 1 N–H and O–H groups in total. The summed E-state index contributed by atoms with van der Waals surface area (Å²) in [6.45, 7) is 3.45. The van der Waals surface area contributed by atoms with Gasteiger partial charge in [-0.05, 0) is 35.9 Å². The van der Waals surface area contributed by atoms with Gasteiger partial charge in [0.1, 0.15) is 6.10 Å². The maximum absolute atomic E-state index is 11.9. The number of Topliss-reactive ketones (excluding diaryl/α,β-unsaturated/α-hetero) is 1. The number of alkyl carbamates (subject to hydrolysis) is 1. The summed E-state index contributed by atoms with van der Waals surface area (Å²) in [5.74, 6) is -1.04. The summed E-state index contributed by atoms with van der Waals surface area (Å²) >= 11 is 3.16. The van der Waals surface area contributed by atoms with Gasteiger partial charge in [0.25, 0.3) is 0 Å². The number of ether oxygens (including phenoxy) is 3. The summed E-state index contributed by atoms with van der Waals surface area (Å²) in [6.07, 6.45) is -0.266. The molecule has 1 saturated heterocycles. The molecular weight excluding hydrogens is 306 g/mol. The van der Waals surface area contributed by atoms with Crippen LogP contribution in [0, 0.1) is 0 Å². The number of nitrogens with one attached hydrogen (secondary N) is 1. The molecule has 0 bridgehead atoms.